The number of aliphatic hydroxyl groups excluding tert-OH is 1. The Bertz CT molecular complexity index is 4210. The lowest BCUT2D eigenvalue weighted by atomic mass is 9.90. The van der Waals surface area contributed by atoms with Gasteiger partial charge in [-0.3, -0.25) is 4.18 Å². The van der Waals surface area contributed by atoms with E-state index in [4.69, 9.17) is 75.2 Å². The zero-order valence-corrected chi connectivity index (χ0v) is 61.1. The predicted octanol–water partition coefficient (Wildman–Crippen LogP) is 12.5. The Balaban J connectivity index is 0.942. The van der Waals surface area contributed by atoms with Crippen LogP contribution in [0.1, 0.15) is 73.5 Å². The molecule has 1 N–H and O–H groups in total. The second-order valence-electron chi connectivity index (χ2n) is 26.4. The van der Waals surface area contributed by atoms with Crippen LogP contribution in [0, 0.1) is 0 Å². The molecule has 3 fully saturated rings. The van der Waals surface area contributed by atoms with Crippen molar-refractivity contribution in [2.24, 2.45) is 0 Å². The summed E-state index contributed by atoms with van der Waals surface area (Å²) in [5.74, 6) is -5.56. The lowest BCUT2D eigenvalue weighted by molar-refractivity contribution is -0.408. The minimum Gasteiger partial charge on any atom is -0.459 e. The first-order valence-electron chi connectivity index (χ1n) is 36.4. The molecular weight excluding hydrogens is 1400 g/mol. The van der Waals surface area contributed by atoms with E-state index in [1.54, 1.807) is 48.5 Å². The van der Waals surface area contributed by atoms with Crippen LogP contribution in [0.3, 0.4) is 0 Å². The number of ether oxygens (including phenoxy) is 15. The molecule has 12 rings (SSSR count). The number of hydrogen-bond acceptors (Lipinski definition) is 21. The van der Waals surface area contributed by atoms with E-state index in [9.17, 15) is 9.90 Å². The summed E-state index contributed by atoms with van der Waals surface area (Å²) in [5, 5.41) is 13.4. The van der Waals surface area contributed by atoms with Crippen LogP contribution in [0.5, 0.6) is 0 Å². The molecule has 0 unspecified atom stereocenters. The lowest BCUT2D eigenvalue weighted by Gasteiger charge is -2.54. The Morgan fingerprint density at radius 2 is 0.778 bits per heavy atom. The van der Waals surface area contributed by atoms with Crippen molar-refractivity contribution in [3.63, 3.8) is 0 Å². The van der Waals surface area contributed by atoms with E-state index in [1.807, 2.05) is 219 Å². The van der Waals surface area contributed by atoms with Crippen molar-refractivity contribution in [3.05, 3.63) is 323 Å². The van der Waals surface area contributed by atoms with Gasteiger partial charge in [-0.15, -0.1) is 0 Å². The molecule has 0 spiro atoms. The van der Waals surface area contributed by atoms with Crippen LogP contribution in [-0.2, 0) is 132 Å². The van der Waals surface area contributed by atoms with Gasteiger partial charge in [-0.25, -0.2) is 9.59 Å². The number of rotatable bonds is 38. The Kier molecular flexibility index (Phi) is 29.3. The van der Waals surface area contributed by atoms with Gasteiger partial charge in [0.05, 0.1) is 89.9 Å². The summed E-state index contributed by atoms with van der Waals surface area (Å²) in [6.07, 6.45) is -18.8. The molecular formula is C86H92O21S. The number of esters is 2. The van der Waals surface area contributed by atoms with Crippen molar-refractivity contribution in [1.29, 1.82) is 0 Å². The quantitative estimate of drug-likeness (QED) is 0.0215. The van der Waals surface area contributed by atoms with Crippen molar-refractivity contribution in [3.8, 4) is 0 Å². The zero-order valence-electron chi connectivity index (χ0n) is 60.3. The Morgan fingerprint density at radius 3 is 1.23 bits per heavy atom. The van der Waals surface area contributed by atoms with Crippen molar-refractivity contribution in [2.45, 2.75) is 152 Å². The van der Waals surface area contributed by atoms with Gasteiger partial charge in [-0.05, 0) is 77.1 Å². The minimum atomic E-state index is -4.83. The maximum absolute atomic E-state index is 15.2. The van der Waals surface area contributed by atoms with Crippen LogP contribution in [0.25, 0.3) is 0 Å². The fourth-order valence-corrected chi connectivity index (χ4v) is 14.4. The lowest BCUT2D eigenvalue weighted by Crippen LogP contribution is -2.73. The van der Waals surface area contributed by atoms with Gasteiger partial charge < -0.3 is 76.2 Å². The predicted molar refractivity (Wildman–Crippen MR) is 397 cm³/mol. The molecule has 15 atom stereocenters. The molecule has 3 heterocycles. The Labute approximate surface area is 630 Å². The highest BCUT2D eigenvalue weighted by Crippen LogP contribution is 2.43. The largest absolute Gasteiger partial charge is 0.459 e. The fraction of sp³-hybridized carbons (Fsp3) is 0.349. The topological polar surface area (TPSA) is 236 Å². The van der Waals surface area contributed by atoms with Crippen LogP contribution < -0.4 is 0 Å². The molecule has 568 valence electrons. The molecule has 108 heavy (non-hydrogen) atoms. The SMILES string of the molecule is CCOS(=O)(=O)C[C@]1(O[C@H]2[C@@H](O)[C@@H](COC(=O)c3ccccc3)O[C@@H](OCCO[C@@H]3O[C@@H](C)[C@@H](OCc4ccccc4)[C@@H](OCc4ccccc4)[C@@H]3OCc3ccccc3)[C@@H]2OC(=O)c2ccccc2)O[C@H](COCc2ccccc2)[C@@H](OCc2ccccc2)[C@H](OCc2ccccc2)[C@H]1OCc1ccccc1. The minimum absolute atomic E-state index is 0.00757. The third kappa shape index (κ3) is 22.3. The van der Waals surface area contributed by atoms with Crippen LogP contribution in [0.15, 0.2) is 273 Å². The molecule has 0 aromatic heterocycles. The van der Waals surface area contributed by atoms with E-state index in [1.165, 1.54) is 19.1 Å². The van der Waals surface area contributed by atoms with Crippen molar-refractivity contribution in [1.82, 2.24) is 0 Å². The molecule has 3 aliphatic heterocycles. The van der Waals surface area contributed by atoms with Gasteiger partial charge in [0, 0.05) is 0 Å². The fourth-order valence-electron chi connectivity index (χ4n) is 13.2. The molecule has 0 saturated carbocycles. The first kappa shape index (κ1) is 78.8. The molecule has 3 saturated heterocycles. The van der Waals surface area contributed by atoms with Gasteiger partial charge in [0.25, 0.3) is 10.1 Å². The second kappa shape index (κ2) is 40.1. The third-order valence-electron chi connectivity index (χ3n) is 18.5. The highest BCUT2D eigenvalue weighted by Gasteiger charge is 2.63. The number of aliphatic hydroxyl groups is 1. The summed E-state index contributed by atoms with van der Waals surface area (Å²) in [7, 11) is -4.83. The van der Waals surface area contributed by atoms with Crippen LogP contribution in [0.2, 0.25) is 0 Å². The van der Waals surface area contributed by atoms with Crippen molar-refractivity contribution < 1.29 is 98.3 Å². The van der Waals surface area contributed by atoms with Crippen LogP contribution in [0.4, 0.5) is 0 Å². The smallest absolute Gasteiger partial charge is 0.338 e. The average Bonchev–Trinajstić information content (AvgIpc) is 0.733. The second-order valence-corrected chi connectivity index (χ2v) is 28.0. The van der Waals surface area contributed by atoms with E-state index in [0.29, 0.717) is 5.56 Å². The number of carbonyl (C=O) groups is 2. The molecule has 3 aliphatic rings. The van der Waals surface area contributed by atoms with Crippen molar-refractivity contribution >= 4 is 22.1 Å². The van der Waals surface area contributed by atoms with Gasteiger partial charge in [-0.2, -0.15) is 8.42 Å². The molecule has 9 aromatic carbocycles. The maximum atomic E-state index is 15.2. The summed E-state index contributed by atoms with van der Waals surface area (Å²) in [5.41, 5.74) is 5.96. The zero-order chi connectivity index (χ0) is 74.8. The standard InChI is InChI=1S/C86H92O21S/c1-3-102-108(90,91)60-86(81(100-57-68-43-25-10-26-44-68)78(98-55-66-39-21-8-22-40-66)75(96-53-64-35-17-6-18-36-64)72(106-86)58-92-51-62-31-13-4-14-32-62)107-76-73(87)71(59-101-82(88)69-45-27-11-28-46-69)104-85(80(76)105-83(89)70-47-29-12-30-48-70)94-50-49-93-84-79(99-56-67-41-23-9-24-42-67)77(97-54-65-37-19-7-20-38-65)74(61(2)103-84)95-52-63-33-15-5-16-34-63/h4-48,61,71-81,84-85,87H,3,49-60H2,1-2H3/t61-,71+,72+,73-,74+,75+,76-,77+,78-,79-,80+,81+,84+,85+,86+/m0/s1. The van der Waals surface area contributed by atoms with Gasteiger partial charge in [0.2, 0.25) is 5.79 Å². The first-order valence-corrected chi connectivity index (χ1v) is 37.9. The van der Waals surface area contributed by atoms with E-state index >= 15 is 13.2 Å². The molecule has 0 bridgehead atoms. The maximum Gasteiger partial charge on any atom is 0.338 e. The normalized spacial score (nSPS) is 25.0. The van der Waals surface area contributed by atoms with E-state index in [0.717, 1.165) is 33.4 Å². The van der Waals surface area contributed by atoms with Crippen LogP contribution in [-0.4, -0.2) is 156 Å². The summed E-state index contributed by atoms with van der Waals surface area (Å²) < 4.78 is 139. The number of benzene rings is 9. The van der Waals surface area contributed by atoms with Gasteiger partial charge >= 0.3 is 11.9 Å². The molecule has 9 aromatic rings. The van der Waals surface area contributed by atoms with Crippen molar-refractivity contribution in [2.75, 3.05) is 38.8 Å². The highest BCUT2D eigenvalue weighted by molar-refractivity contribution is 7.86. The Morgan fingerprint density at radius 1 is 0.398 bits per heavy atom. The Hall–Kier alpha value is -8.73. The van der Waals surface area contributed by atoms with E-state index in [2.05, 4.69) is 0 Å². The highest BCUT2D eigenvalue weighted by atomic mass is 32.2. The molecule has 0 radical (unpaired) electrons. The van der Waals surface area contributed by atoms with E-state index < -0.39 is 126 Å². The molecule has 0 aliphatic carbocycles. The van der Waals surface area contributed by atoms with Gasteiger partial charge in [0.15, 0.2) is 18.7 Å². The summed E-state index contributed by atoms with van der Waals surface area (Å²) in [6, 6.07) is 82.8. The van der Waals surface area contributed by atoms with E-state index in [-0.39, 0.29) is 83.8 Å². The molecule has 22 heteroatoms. The third-order valence-corrected chi connectivity index (χ3v) is 19.9. The van der Waals surface area contributed by atoms with Crippen LogP contribution >= 0.6 is 0 Å². The number of carbonyl (C=O) groups excluding carboxylic acids is 2. The summed E-state index contributed by atoms with van der Waals surface area (Å²) in [6.45, 7) is 1.89. The molecule has 21 nitrogen and oxygen atoms in total. The monoisotopic (exact) mass is 1490 g/mol. The summed E-state index contributed by atoms with van der Waals surface area (Å²) in [4.78, 5) is 29.0. The first-order chi connectivity index (χ1) is 52.9. The average molecular weight is 1490 g/mol. The van der Waals surface area contributed by atoms with Gasteiger partial charge in [-0.1, -0.05) is 249 Å². The number of hydrogen-bond donors (Lipinski definition) is 1. The molecule has 0 amide bonds. The summed E-state index contributed by atoms with van der Waals surface area (Å²) >= 11 is 0. The van der Waals surface area contributed by atoms with Gasteiger partial charge in [0.1, 0.15) is 73.4 Å².